The Morgan fingerprint density at radius 2 is 1.75 bits per heavy atom. The Kier molecular flexibility index (Phi) is 5.29. The highest BCUT2D eigenvalue weighted by Crippen LogP contribution is 2.38. The van der Waals surface area contributed by atoms with E-state index >= 15 is 0 Å². The van der Waals surface area contributed by atoms with Crippen LogP contribution >= 0.6 is 0 Å². The maximum Gasteiger partial charge on any atom is 0.161 e. The minimum atomic E-state index is 0.156. The zero-order valence-corrected chi connectivity index (χ0v) is 16.4. The summed E-state index contributed by atoms with van der Waals surface area (Å²) in [4.78, 5) is 2.42. The summed E-state index contributed by atoms with van der Waals surface area (Å²) in [5.41, 5.74) is 1.18. The summed E-state index contributed by atoms with van der Waals surface area (Å²) in [5.74, 6) is 1.88. The van der Waals surface area contributed by atoms with E-state index in [0.717, 1.165) is 59.8 Å². The van der Waals surface area contributed by atoms with E-state index in [4.69, 9.17) is 9.47 Å². The summed E-state index contributed by atoms with van der Waals surface area (Å²) in [6, 6.07) is 12.0. The third-order valence-corrected chi connectivity index (χ3v) is 5.90. The predicted octanol–water partition coefficient (Wildman–Crippen LogP) is 3.92. The molecule has 1 aliphatic heterocycles. The Balaban J connectivity index is 1.82. The van der Waals surface area contributed by atoms with Crippen molar-refractivity contribution in [3.63, 3.8) is 0 Å². The number of hydrogen-bond acceptors (Lipinski definition) is 5. The zero-order chi connectivity index (χ0) is 19.7. The third kappa shape index (κ3) is 3.48. The first-order valence-corrected chi connectivity index (χ1v) is 9.76. The highest BCUT2D eigenvalue weighted by Gasteiger charge is 2.20. The van der Waals surface area contributed by atoms with E-state index < -0.39 is 0 Å². The van der Waals surface area contributed by atoms with Gasteiger partial charge in [-0.3, -0.25) is 4.90 Å². The monoisotopic (exact) mass is 381 g/mol. The molecular formula is C23H27NO4. The van der Waals surface area contributed by atoms with Crippen LogP contribution < -0.4 is 9.47 Å². The lowest BCUT2D eigenvalue weighted by atomic mass is 9.94. The lowest BCUT2D eigenvalue weighted by Gasteiger charge is -2.31. The minimum absolute atomic E-state index is 0.156. The van der Waals surface area contributed by atoms with Crippen LogP contribution in [0.4, 0.5) is 0 Å². The molecule has 28 heavy (non-hydrogen) atoms. The lowest BCUT2D eigenvalue weighted by molar-refractivity contribution is 0.127. The van der Waals surface area contributed by atoms with E-state index in [1.807, 2.05) is 18.2 Å². The highest BCUT2D eigenvalue weighted by molar-refractivity contribution is 6.10. The van der Waals surface area contributed by atoms with Gasteiger partial charge in [-0.2, -0.15) is 0 Å². The van der Waals surface area contributed by atoms with Gasteiger partial charge >= 0.3 is 0 Å². The van der Waals surface area contributed by atoms with Crippen LogP contribution in [-0.2, 0) is 6.54 Å². The molecule has 1 aliphatic rings. The van der Waals surface area contributed by atoms with E-state index in [2.05, 4.69) is 23.1 Å². The number of likely N-dealkylation sites (tertiary alicyclic amines) is 1. The maximum atomic E-state index is 10.4. The van der Waals surface area contributed by atoms with Crippen LogP contribution in [0.15, 0.2) is 36.4 Å². The molecule has 1 saturated heterocycles. The van der Waals surface area contributed by atoms with E-state index in [0.29, 0.717) is 11.7 Å². The van der Waals surface area contributed by atoms with Crippen LogP contribution in [0.1, 0.15) is 18.4 Å². The van der Waals surface area contributed by atoms with Crippen LogP contribution in [0.2, 0.25) is 0 Å². The van der Waals surface area contributed by atoms with Gasteiger partial charge in [-0.05, 0) is 89.3 Å². The molecule has 5 heteroatoms. The number of phenols is 1. The first-order chi connectivity index (χ1) is 13.6. The van der Waals surface area contributed by atoms with Crippen molar-refractivity contribution in [2.75, 3.05) is 33.9 Å². The normalized spacial score (nSPS) is 16.0. The van der Waals surface area contributed by atoms with Gasteiger partial charge in [0.2, 0.25) is 0 Å². The van der Waals surface area contributed by atoms with Crippen molar-refractivity contribution in [1.82, 2.24) is 4.90 Å². The van der Waals surface area contributed by atoms with Crippen LogP contribution in [0, 0.1) is 5.92 Å². The maximum absolute atomic E-state index is 10.4. The number of nitrogens with zero attached hydrogens (tertiary/aromatic N) is 1. The number of ether oxygens (including phenoxy) is 2. The van der Waals surface area contributed by atoms with Crippen molar-refractivity contribution in [1.29, 1.82) is 0 Å². The SMILES string of the molecule is COc1ccc2c(c1)cc(CN1CCC(CO)CC1)c1cc(O)c(OC)cc12. The average molecular weight is 381 g/mol. The molecule has 0 unspecified atom stereocenters. The Morgan fingerprint density at radius 1 is 0.964 bits per heavy atom. The molecule has 3 aromatic rings. The number of fused-ring (bicyclic) bond motifs is 3. The molecule has 3 aromatic carbocycles. The Bertz CT molecular complexity index is 993. The second-order valence-corrected chi connectivity index (χ2v) is 7.59. The molecule has 1 heterocycles. The van der Waals surface area contributed by atoms with E-state index in [9.17, 15) is 10.2 Å². The number of benzene rings is 3. The van der Waals surface area contributed by atoms with Crippen LogP contribution in [0.5, 0.6) is 17.2 Å². The Morgan fingerprint density at radius 3 is 2.43 bits per heavy atom. The molecule has 0 bridgehead atoms. The number of rotatable bonds is 5. The molecule has 5 nitrogen and oxygen atoms in total. The van der Waals surface area contributed by atoms with Gasteiger partial charge in [0.05, 0.1) is 14.2 Å². The van der Waals surface area contributed by atoms with Gasteiger partial charge in [-0.15, -0.1) is 0 Å². The summed E-state index contributed by atoms with van der Waals surface area (Å²) in [6.45, 7) is 3.05. The molecule has 2 N–H and O–H groups in total. The molecule has 0 aromatic heterocycles. The molecule has 0 atom stereocenters. The molecule has 1 fully saturated rings. The fraction of sp³-hybridized carbons (Fsp3) is 0.391. The van der Waals surface area contributed by atoms with Gasteiger partial charge in [-0.1, -0.05) is 6.07 Å². The summed E-state index contributed by atoms with van der Waals surface area (Å²) in [6.07, 6.45) is 2.05. The minimum Gasteiger partial charge on any atom is -0.504 e. The quantitative estimate of drug-likeness (QED) is 0.656. The number of hydrogen-bond donors (Lipinski definition) is 2. The molecular weight excluding hydrogens is 354 g/mol. The van der Waals surface area contributed by atoms with Crippen molar-refractivity contribution < 1.29 is 19.7 Å². The molecule has 0 amide bonds. The Hall–Kier alpha value is -2.50. The fourth-order valence-corrected chi connectivity index (χ4v) is 4.22. The topological polar surface area (TPSA) is 62.2 Å². The van der Waals surface area contributed by atoms with Gasteiger partial charge < -0.3 is 19.7 Å². The fourth-order valence-electron chi connectivity index (χ4n) is 4.22. The van der Waals surface area contributed by atoms with E-state index in [1.54, 1.807) is 14.2 Å². The van der Waals surface area contributed by atoms with Gasteiger partial charge in [0, 0.05) is 13.2 Å². The van der Waals surface area contributed by atoms with E-state index in [1.165, 1.54) is 5.56 Å². The van der Waals surface area contributed by atoms with Gasteiger partial charge in [-0.25, -0.2) is 0 Å². The second kappa shape index (κ2) is 7.86. The zero-order valence-electron chi connectivity index (χ0n) is 16.4. The lowest BCUT2D eigenvalue weighted by Crippen LogP contribution is -2.34. The first kappa shape index (κ1) is 18.8. The standard InChI is InChI=1S/C23H27NO4/c1-27-18-3-4-19-16(10-18)9-17(13-24-7-5-15(14-25)6-8-24)20-11-22(26)23(28-2)12-21(19)20/h3-4,9-12,15,25-26H,5-8,13-14H2,1-2H3. The third-order valence-electron chi connectivity index (χ3n) is 5.90. The first-order valence-electron chi connectivity index (χ1n) is 9.76. The number of aromatic hydroxyl groups is 1. The van der Waals surface area contributed by atoms with Gasteiger partial charge in [0.25, 0.3) is 0 Å². The number of aliphatic hydroxyl groups excluding tert-OH is 1. The van der Waals surface area contributed by atoms with Crippen molar-refractivity contribution in [3.05, 3.63) is 42.0 Å². The molecule has 0 spiro atoms. The molecule has 4 rings (SSSR count). The summed E-state index contributed by atoms with van der Waals surface area (Å²) >= 11 is 0. The summed E-state index contributed by atoms with van der Waals surface area (Å²) in [5, 5.41) is 24.1. The molecule has 0 radical (unpaired) electrons. The number of aliphatic hydroxyl groups is 1. The van der Waals surface area contributed by atoms with Crippen LogP contribution in [-0.4, -0.2) is 49.0 Å². The highest BCUT2D eigenvalue weighted by atomic mass is 16.5. The van der Waals surface area contributed by atoms with E-state index in [-0.39, 0.29) is 12.4 Å². The van der Waals surface area contributed by atoms with Crippen molar-refractivity contribution in [2.24, 2.45) is 5.92 Å². The van der Waals surface area contributed by atoms with Crippen LogP contribution in [0.3, 0.4) is 0 Å². The second-order valence-electron chi connectivity index (χ2n) is 7.59. The van der Waals surface area contributed by atoms with Gasteiger partial charge in [0.1, 0.15) is 5.75 Å². The van der Waals surface area contributed by atoms with Crippen LogP contribution in [0.25, 0.3) is 21.5 Å². The largest absolute Gasteiger partial charge is 0.504 e. The van der Waals surface area contributed by atoms with Crippen molar-refractivity contribution in [2.45, 2.75) is 19.4 Å². The number of piperidine rings is 1. The van der Waals surface area contributed by atoms with Gasteiger partial charge in [0.15, 0.2) is 11.5 Å². The average Bonchev–Trinajstić information content (AvgIpc) is 2.73. The predicted molar refractivity (Wildman–Crippen MR) is 111 cm³/mol. The molecule has 148 valence electrons. The Labute approximate surface area is 165 Å². The molecule has 0 aliphatic carbocycles. The molecule has 0 saturated carbocycles. The number of phenolic OH excluding ortho intramolecular Hbond substituents is 1. The smallest absolute Gasteiger partial charge is 0.161 e. The summed E-state index contributed by atoms with van der Waals surface area (Å²) < 4.78 is 10.8. The van der Waals surface area contributed by atoms with Crippen molar-refractivity contribution >= 4 is 21.5 Å². The van der Waals surface area contributed by atoms with Crippen molar-refractivity contribution in [3.8, 4) is 17.2 Å². The number of methoxy groups -OCH3 is 2. The summed E-state index contributed by atoms with van der Waals surface area (Å²) in [7, 11) is 3.25.